The number of amides is 1. The molecule has 1 heterocycles. The van der Waals surface area contributed by atoms with Gasteiger partial charge >= 0.3 is 0 Å². The van der Waals surface area contributed by atoms with Gasteiger partial charge in [0.25, 0.3) is 5.91 Å². The number of carbonyl (C=O) groups excluding carboxylic acids is 1. The Labute approximate surface area is 168 Å². The molecule has 0 saturated carbocycles. The lowest BCUT2D eigenvalue weighted by atomic mass is 9.91. The molecule has 0 radical (unpaired) electrons. The Morgan fingerprint density at radius 1 is 1.19 bits per heavy atom. The number of nitrogens with zero attached hydrogens (tertiary/aromatic N) is 1. The molecule has 6 nitrogen and oxygen atoms in total. The van der Waals surface area contributed by atoms with E-state index in [1.54, 1.807) is 7.11 Å². The number of likely N-dealkylation sites (N-methyl/N-ethyl adjacent to an activating group) is 1. The first-order valence-electron chi connectivity index (χ1n) is 8.46. The van der Waals surface area contributed by atoms with Gasteiger partial charge in [-0.25, -0.2) is 0 Å². The van der Waals surface area contributed by atoms with Crippen LogP contribution >= 0.6 is 24.8 Å². The van der Waals surface area contributed by atoms with Crippen LogP contribution in [0.5, 0.6) is 5.75 Å². The maximum absolute atomic E-state index is 12.5. The Morgan fingerprint density at radius 3 is 2.35 bits per heavy atom. The lowest BCUT2D eigenvalue weighted by molar-refractivity contribution is -0.146. The summed E-state index contributed by atoms with van der Waals surface area (Å²) in [7, 11) is 5.65. The van der Waals surface area contributed by atoms with Gasteiger partial charge in [0, 0.05) is 20.2 Å². The molecule has 0 aromatic heterocycles. The van der Waals surface area contributed by atoms with Gasteiger partial charge in [-0.2, -0.15) is 0 Å². The van der Waals surface area contributed by atoms with Crippen molar-refractivity contribution in [1.29, 1.82) is 0 Å². The zero-order chi connectivity index (χ0) is 17.4. The van der Waals surface area contributed by atoms with Crippen molar-refractivity contribution in [1.82, 2.24) is 15.5 Å². The maximum atomic E-state index is 12.5. The fourth-order valence-electron chi connectivity index (χ4n) is 2.75. The molecule has 2 rings (SSSR count). The van der Waals surface area contributed by atoms with Crippen LogP contribution in [0.15, 0.2) is 24.3 Å². The summed E-state index contributed by atoms with van der Waals surface area (Å²) in [6.07, 6.45) is 1.40. The predicted octanol–water partition coefficient (Wildman–Crippen LogP) is 1.86. The summed E-state index contributed by atoms with van der Waals surface area (Å²) in [5.41, 5.74) is 0.351. The number of hydrogen-bond donors (Lipinski definition) is 2. The molecule has 1 aliphatic heterocycles. The summed E-state index contributed by atoms with van der Waals surface area (Å²) in [6.45, 7) is 3.65. The van der Waals surface area contributed by atoms with Gasteiger partial charge in [-0.05, 0) is 57.7 Å². The van der Waals surface area contributed by atoms with Crippen LogP contribution in [0.4, 0.5) is 0 Å². The van der Waals surface area contributed by atoms with E-state index in [4.69, 9.17) is 9.47 Å². The van der Waals surface area contributed by atoms with E-state index in [1.807, 2.05) is 38.4 Å². The maximum Gasteiger partial charge on any atom is 0.252 e. The van der Waals surface area contributed by atoms with Crippen LogP contribution in [0.2, 0.25) is 0 Å². The Hall–Kier alpha value is -1.05. The highest BCUT2D eigenvalue weighted by Crippen LogP contribution is 2.22. The Morgan fingerprint density at radius 2 is 1.81 bits per heavy atom. The van der Waals surface area contributed by atoms with Gasteiger partial charge in [0.05, 0.1) is 0 Å². The van der Waals surface area contributed by atoms with Crippen molar-refractivity contribution in [3.05, 3.63) is 29.8 Å². The second-order valence-electron chi connectivity index (χ2n) is 6.43. The normalized spacial score (nSPS) is 15.5. The minimum Gasteiger partial charge on any atom is -0.492 e. The fourth-order valence-corrected chi connectivity index (χ4v) is 2.75. The van der Waals surface area contributed by atoms with Crippen molar-refractivity contribution in [2.45, 2.75) is 25.0 Å². The average Bonchev–Trinajstić information content (AvgIpc) is 2.61. The van der Waals surface area contributed by atoms with Gasteiger partial charge < -0.3 is 25.0 Å². The lowest BCUT2D eigenvalue weighted by Crippen LogP contribution is -2.53. The Kier molecular flexibility index (Phi) is 11.9. The predicted molar refractivity (Wildman–Crippen MR) is 109 cm³/mol. The zero-order valence-corrected chi connectivity index (χ0v) is 17.4. The first-order chi connectivity index (χ1) is 11.6. The van der Waals surface area contributed by atoms with Crippen LogP contribution < -0.4 is 15.4 Å². The van der Waals surface area contributed by atoms with Crippen LogP contribution in [-0.4, -0.2) is 63.9 Å². The summed E-state index contributed by atoms with van der Waals surface area (Å²) >= 11 is 0. The molecule has 1 fully saturated rings. The number of carbonyl (C=O) groups is 1. The minimum absolute atomic E-state index is 0. The molecule has 1 aromatic rings. The smallest absolute Gasteiger partial charge is 0.252 e. The molecule has 1 aliphatic rings. The van der Waals surface area contributed by atoms with Crippen molar-refractivity contribution in [2.24, 2.45) is 0 Å². The minimum atomic E-state index is -0.694. The summed E-state index contributed by atoms with van der Waals surface area (Å²) in [5, 5.41) is 6.25. The number of benzene rings is 1. The molecule has 1 saturated heterocycles. The van der Waals surface area contributed by atoms with Crippen molar-refractivity contribution in [3.8, 4) is 5.75 Å². The number of rotatable bonds is 8. The van der Waals surface area contributed by atoms with Crippen molar-refractivity contribution in [3.63, 3.8) is 0 Å². The summed E-state index contributed by atoms with van der Waals surface area (Å²) in [4.78, 5) is 14.6. The number of methoxy groups -OCH3 is 1. The van der Waals surface area contributed by atoms with Crippen LogP contribution in [0, 0.1) is 0 Å². The molecular formula is C18H31Cl2N3O3. The highest BCUT2D eigenvalue weighted by atomic mass is 35.5. The van der Waals surface area contributed by atoms with Crippen molar-refractivity contribution in [2.75, 3.05) is 47.4 Å². The van der Waals surface area contributed by atoms with Gasteiger partial charge in [0.15, 0.2) is 0 Å². The molecule has 8 heteroatoms. The highest BCUT2D eigenvalue weighted by Gasteiger charge is 2.39. The first kappa shape index (κ1) is 24.9. The third-order valence-electron chi connectivity index (χ3n) is 4.40. The van der Waals surface area contributed by atoms with Crippen molar-refractivity contribution < 1.29 is 14.3 Å². The average molecular weight is 408 g/mol. The van der Waals surface area contributed by atoms with Crippen LogP contribution in [0.3, 0.4) is 0 Å². The number of halogens is 2. The standard InChI is InChI=1S/C18H29N3O3.2ClH/c1-21(2)12-13-24-16-6-4-15(5-7-16)14-20-17(22)18(23-3)8-10-19-11-9-18;;/h4-7,19H,8-14H2,1-3H3,(H,20,22);2*1H. The highest BCUT2D eigenvalue weighted by molar-refractivity contribution is 5.86. The van der Waals surface area contributed by atoms with E-state index < -0.39 is 5.60 Å². The van der Waals surface area contributed by atoms with Crippen molar-refractivity contribution >= 4 is 30.7 Å². The number of hydrogen-bond acceptors (Lipinski definition) is 5. The largest absolute Gasteiger partial charge is 0.492 e. The zero-order valence-electron chi connectivity index (χ0n) is 15.7. The van der Waals surface area contributed by atoms with E-state index in [2.05, 4.69) is 15.5 Å². The Bertz CT molecular complexity index is 521. The molecule has 0 unspecified atom stereocenters. The first-order valence-corrected chi connectivity index (χ1v) is 8.46. The van der Waals surface area contributed by atoms with Crippen LogP contribution in [-0.2, 0) is 16.1 Å². The molecule has 0 spiro atoms. The summed E-state index contributed by atoms with van der Waals surface area (Å²) < 4.78 is 11.2. The fraction of sp³-hybridized carbons (Fsp3) is 0.611. The van der Waals surface area contributed by atoms with Gasteiger partial charge in [-0.3, -0.25) is 4.79 Å². The molecular weight excluding hydrogens is 377 g/mol. The van der Waals surface area contributed by atoms with Crippen LogP contribution in [0.25, 0.3) is 0 Å². The number of nitrogens with one attached hydrogen (secondary N) is 2. The quantitative estimate of drug-likeness (QED) is 0.688. The monoisotopic (exact) mass is 407 g/mol. The van der Waals surface area contributed by atoms with E-state index in [0.717, 1.165) is 30.9 Å². The Balaban J connectivity index is 0.00000312. The van der Waals surface area contributed by atoms with E-state index in [-0.39, 0.29) is 30.7 Å². The second-order valence-corrected chi connectivity index (χ2v) is 6.43. The number of ether oxygens (including phenoxy) is 2. The molecule has 150 valence electrons. The van der Waals surface area contributed by atoms with Gasteiger partial charge in [0.1, 0.15) is 18.0 Å². The SMILES string of the molecule is COC1(C(=O)NCc2ccc(OCCN(C)C)cc2)CCNCC1.Cl.Cl. The molecule has 0 atom stereocenters. The molecule has 26 heavy (non-hydrogen) atoms. The van der Waals surface area contributed by atoms with E-state index in [9.17, 15) is 4.79 Å². The molecule has 0 aliphatic carbocycles. The summed E-state index contributed by atoms with van der Waals surface area (Å²) in [6, 6.07) is 7.84. The third-order valence-corrected chi connectivity index (χ3v) is 4.40. The van der Waals surface area contributed by atoms with Crippen LogP contribution in [0.1, 0.15) is 18.4 Å². The lowest BCUT2D eigenvalue weighted by Gasteiger charge is -2.34. The molecule has 1 aromatic carbocycles. The third kappa shape index (κ3) is 7.29. The summed E-state index contributed by atoms with van der Waals surface area (Å²) in [5.74, 6) is 0.816. The van der Waals surface area contributed by atoms with E-state index in [1.165, 1.54) is 0 Å². The molecule has 2 N–H and O–H groups in total. The van der Waals surface area contributed by atoms with E-state index >= 15 is 0 Å². The molecule has 0 bridgehead atoms. The van der Waals surface area contributed by atoms with Gasteiger partial charge in [0.2, 0.25) is 0 Å². The molecule has 1 amide bonds. The topological polar surface area (TPSA) is 62.8 Å². The number of piperidine rings is 1. The van der Waals surface area contributed by atoms with Gasteiger partial charge in [-0.15, -0.1) is 24.8 Å². The van der Waals surface area contributed by atoms with Gasteiger partial charge in [-0.1, -0.05) is 12.1 Å². The van der Waals surface area contributed by atoms with E-state index in [0.29, 0.717) is 26.0 Å². The second kappa shape index (κ2) is 12.4.